The maximum absolute atomic E-state index is 11.5. The maximum Gasteiger partial charge on any atom is 0.336 e. The van der Waals surface area contributed by atoms with Gasteiger partial charge in [-0.3, -0.25) is 4.79 Å². The minimum absolute atomic E-state index is 0.204. The van der Waals surface area contributed by atoms with Crippen molar-refractivity contribution in [3.05, 3.63) is 39.7 Å². The van der Waals surface area contributed by atoms with Crippen molar-refractivity contribution in [2.24, 2.45) is 5.73 Å². The molecule has 2 rings (SSSR count). The Kier molecular flexibility index (Phi) is 3.55. The first-order chi connectivity index (χ1) is 9.02. The van der Waals surface area contributed by atoms with Gasteiger partial charge in [-0.25, -0.2) is 4.79 Å². The van der Waals surface area contributed by atoms with Crippen molar-refractivity contribution in [2.45, 2.75) is 20.3 Å². The number of carbonyl (C=O) groups excluding carboxylic acids is 1. The minimum Gasteiger partial charge on any atom is -0.483 e. The van der Waals surface area contributed by atoms with Crippen LogP contribution in [-0.2, 0) is 11.2 Å². The highest BCUT2D eigenvalue weighted by Gasteiger charge is 2.11. The van der Waals surface area contributed by atoms with E-state index in [9.17, 15) is 9.59 Å². The number of nitrogens with two attached hydrogens (primary N) is 1. The van der Waals surface area contributed by atoms with Crippen molar-refractivity contribution >= 4 is 16.9 Å². The molecular weight excluding hydrogens is 246 g/mol. The van der Waals surface area contributed by atoms with Gasteiger partial charge in [0.25, 0.3) is 5.91 Å². The lowest BCUT2D eigenvalue weighted by molar-refractivity contribution is -0.119. The summed E-state index contributed by atoms with van der Waals surface area (Å²) >= 11 is 0. The zero-order valence-electron chi connectivity index (χ0n) is 10.9. The molecule has 0 unspecified atom stereocenters. The first-order valence-corrected chi connectivity index (χ1v) is 6.00. The van der Waals surface area contributed by atoms with Crippen molar-refractivity contribution in [3.8, 4) is 5.75 Å². The number of hydrogen-bond acceptors (Lipinski definition) is 4. The lowest BCUT2D eigenvalue weighted by Gasteiger charge is -2.10. The van der Waals surface area contributed by atoms with E-state index in [4.69, 9.17) is 14.9 Å². The van der Waals surface area contributed by atoms with Crippen LogP contribution in [0.15, 0.2) is 27.4 Å². The van der Waals surface area contributed by atoms with Gasteiger partial charge in [0.2, 0.25) is 0 Å². The molecule has 0 saturated heterocycles. The Morgan fingerprint density at radius 2 is 2.16 bits per heavy atom. The van der Waals surface area contributed by atoms with Gasteiger partial charge in [-0.15, -0.1) is 0 Å². The normalized spacial score (nSPS) is 10.6. The highest BCUT2D eigenvalue weighted by atomic mass is 16.5. The molecule has 0 fully saturated rings. The first kappa shape index (κ1) is 13.1. The summed E-state index contributed by atoms with van der Waals surface area (Å²) in [7, 11) is 0. The van der Waals surface area contributed by atoms with Crippen molar-refractivity contribution < 1.29 is 13.9 Å². The fraction of sp³-hybridized carbons (Fsp3) is 0.286. The second-order valence-corrected chi connectivity index (χ2v) is 4.26. The molecule has 19 heavy (non-hydrogen) atoms. The SMILES string of the molecule is CCc1cc(=O)oc2c(C)c(OCC(N)=O)ccc12. The first-order valence-electron chi connectivity index (χ1n) is 6.00. The van der Waals surface area contributed by atoms with Gasteiger partial charge in [0.05, 0.1) is 0 Å². The van der Waals surface area contributed by atoms with Crippen LogP contribution in [0, 0.1) is 6.92 Å². The number of aryl methyl sites for hydroxylation is 2. The van der Waals surface area contributed by atoms with Crippen LogP contribution in [0.5, 0.6) is 5.75 Å². The average molecular weight is 261 g/mol. The zero-order chi connectivity index (χ0) is 14.0. The highest BCUT2D eigenvalue weighted by Crippen LogP contribution is 2.28. The predicted octanol–water partition coefficient (Wildman–Crippen LogP) is 1.53. The summed E-state index contributed by atoms with van der Waals surface area (Å²) in [5.41, 5.74) is 6.75. The van der Waals surface area contributed by atoms with E-state index in [0.29, 0.717) is 16.9 Å². The Labute approximate surface area is 110 Å². The van der Waals surface area contributed by atoms with E-state index in [1.54, 1.807) is 13.0 Å². The molecule has 0 aliphatic rings. The van der Waals surface area contributed by atoms with Crippen molar-refractivity contribution in [1.82, 2.24) is 0 Å². The Balaban J connectivity index is 2.58. The van der Waals surface area contributed by atoms with Crippen molar-refractivity contribution in [3.63, 3.8) is 0 Å². The molecule has 0 spiro atoms. The van der Waals surface area contributed by atoms with Gasteiger partial charge < -0.3 is 14.9 Å². The van der Waals surface area contributed by atoms with Crippen LogP contribution >= 0.6 is 0 Å². The molecule has 100 valence electrons. The molecule has 0 aliphatic carbocycles. The number of ether oxygens (including phenoxy) is 1. The van der Waals surface area contributed by atoms with Crippen LogP contribution in [0.2, 0.25) is 0 Å². The summed E-state index contributed by atoms with van der Waals surface area (Å²) in [5, 5.41) is 0.881. The molecule has 1 aromatic carbocycles. The summed E-state index contributed by atoms with van der Waals surface area (Å²) in [4.78, 5) is 22.2. The molecule has 2 aromatic rings. The quantitative estimate of drug-likeness (QED) is 0.846. The summed E-state index contributed by atoms with van der Waals surface area (Å²) in [6, 6.07) is 5.06. The third kappa shape index (κ3) is 2.59. The summed E-state index contributed by atoms with van der Waals surface area (Å²) in [5.74, 6) is -0.0639. The third-order valence-electron chi connectivity index (χ3n) is 2.95. The summed E-state index contributed by atoms with van der Waals surface area (Å²) in [6.45, 7) is 3.55. The van der Waals surface area contributed by atoms with Crippen LogP contribution in [0.4, 0.5) is 0 Å². The van der Waals surface area contributed by atoms with E-state index in [0.717, 1.165) is 17.4 Å². The van der Waals surface area contributed by atoms with E-state index < -0.39 is 5.91 Å². The molecule has 1 amide bonds. The van der Waals surface area contributed by atoms with E-state index in [2.05, 4.69) is 0 Å². The number of hydrogen-bond donors (Lipinski definition) is 1. The second kappa shape index (κ2) is 5.14. The number of primary amides is 1. The molecule has 2 N–H and O–H groups in total. The zero-order valence-corrected chi connectivity index (χ0v) is 10.9. The molecule has 1 heterocycles. The monoisotopic (exact) mass is 261 g/mol. The van der Waals surface area contributed by atoms with Crippen LogP contribution in [-0.4, -0.2) is 12.5 Å². The molecular formula is C14H15NO4. The largest absolute Gasteiger partial charge is 0.483 e. The molecule has 0 atom stereocenters. The summed E-state index contributed by atoms with van der Waals surface area (Å²) < 4.78 is 10.5. The van der Waals surface area contributed by atoms with Crippen LogP contribution in [0.3, 0.4) is 0 Å². The number of fused-ring (bicyclic) bond motifs is 1. The Hall–Kier alpha value is -2.30. The van der Waals surface area contributed by atoms with Crippen molar-refractivity contribution in [1.29, 1.82) is 0 Å². The average Bonchev–Trinajstić information content (AvgIpc) is 2.37. The van der Waals surface area contributed by atoms with Gasteiger partial charge in [-0.05, 0) is 31.0 Å². The minimum atomic E-state index is -0.553. The molecule has 0 bridgehead atoms. The fourth-order valence-corrected chi connectivity index (χ4v) is 2.01. The molecule has 5 nitrogen and oxygen atoms in total. The third-order valence-corrected chi connectivity index (χ3v) is 2.95. The standard InChI is InChI=1S/C14H15NO4/c1-3-9-6-13(17)19-14-8(2)11(5-4-10(9)14)18-7-12(15)16/h4-6H,3,7H2,1-2H3,(H2,15,16). The van der Waals surface area contributed by atoms with E-state index >= 15 is 0 Å². The lowest BCUT2D eigenvalue weighted by atomic mass is 10.0. The van der Waals surface area contributed by atoms with Gasteiger partial charge in [0, 0.05) is 17.0 Å². The highest BCUT2D eigenvalue weighted by molar-refractivity contribution is 5.85. The summed E-state index contributed by atoms with van der Waals surface area (Å²) in [6.07, 6.45) is 0.739. The predicted molar refractivity (Wildman–Crippen MR) is 71.3 cm³/mol. The van der Waals surface area contributed by atoms with E-state index in [1.165, 1.54) is 6.07 Å². The van der Waals surface area contributed by atoms with Crippen molar-refractivity contribution in [2.75, 3.05) is 6.61 Å². The molecule has 5 heteroatoms. The van der Waals surface area contributed by atoms with Crippen LogP contribution < -0.4 is 16.1 Å². The number of amides is 1. The van der Waals surface area contributed by atoms with Gasteiger partial charge in [-0.2, -0.15) is 0 Å². The maximum atomic E-state index is 11.5. The molecule has 0 saturated carbocycles. The molecule has 1 aromatic heterocycles. The molecule has 0 radical (unpaired) electrons. The van der Waals surface area contributed by atoms with E-state index in [-0.39, 0.29) is 12.2 Å². The topological polar surface area (TPSA) is 82.5 Å². The van der Waals surface area contributed by atoms with Gasteiger partial charge in [0.1, 0.15) is 11.3 Å². The van der Waals surface area contributed by atoms with Gasteiger partial charge in [-0.1, -0.05) is 6.92 Å². The number of benzene rings is 1. The van der Waals surface area contributed by atoms with Crippen LogP contribution in [0.25, 0.3) is 11.0 Å². The van der Waals surface area contributed by atoms with Crippen LogP contribution in [0.1, 0.15) is 18.1 Å². The fourth-order valence-electron chi connectivity index (χ4n) is 2.01. The Morgan fingerprint density at radius 1 is 1.42 bits per heavy atom. The number of rotatable bonds is 4. The van der Waals surface area contributed by atoms with Gasteiger partial charge in [0.15, 0.2) is 6.61 Å². The van der Waals surface area contributed by atoms with E-state index in [1.807, 2.05) is 13.0 Å². The number of carbonyl (C=O) groups is 1. The lowest BCUT2D eigenvalue weighted by Crippen LogP contribution is -2.20. The van der Waals surface area contributed by atoms with Gasteiger partial charge >= 0.3 is 5.63 Å². The smallest absolute Gasteiger partial charge is 0.336 e. The second-order valence-electron chi connectivity index (χ2n) is 4.26. The Bertz CT molecular complexity index is 688. The Morgan fingerprint density at radius 3 is 2.79 bits per heavy atom. The molecule has 0 aliphatic heterocycles.